The van der Waals surface area contributed by atoms with Crippen molar-refractivity contribution in [3.8, 4) is 0 Å². The minimum absolute atomic E-state index is 0.0310. The van der Waals surface area contributed by atoms with E-state index in [-0.39, 0.29) is 11.7 Å². The van der Waals surface area contributed by atoms with E-state index in [1.807, 2.05) is 23.9 Å². The van der Waals surface area contributed by atoms with Gasteiger partial charge >= 0.3 is 0 Å². The number of allylic oxidation sites excluding steroid dienone is 2. The number of nitrogens with zero attached hydrogens (tertiary/aromatic N) is 2. The monoisotopic (exact) mass is 278 g/mol. The maximum absolute atomic E-state index is 13.0. The Hall–Kier alpha value is -2.16. The highest BCUT2D eigenvalue weighted by molar-refractivity contribution is 5.96. The van der Waals surface area contributed by atoms with Crippen molar-refractivity contribution in [1.29, 1.82) is 0 Å². The van der Waals surface area contributed by atoms with Crippen LogP contribution < -0.4 is 0 Å². The zero-order valence-corrected chi connectivity index (χ0v) is 12.0. The van der Waals surface area contributed by atoms with Crippen molar-refractivity contribution in [2.45, 2.75) is 12.3 Å². The number of rotatable bonds is 3. The molecular formula is C18H18N2O. The van der Waals surface area contributed by atoms with Gasteiger partial charge in [0, 0.05) is 31.3 Å². The van der Waals surface area contributed by atoms with Gasteiger partial charge in [-0.2, -0.15) is 0 Å². The number of fused-ring (bicyclic) bond motifs is 2. The van der Waals surface area contributed by atoms with Gasteiger partial charge in [0.2, 0.25) is 5.78 Å². The van der Waals surface area contributed by atoms with Crippen LogP contribution in [0.4, 0.5) is 0 Å². The first kappa shape index (κ1) is 12.6. The molecule has 1 heterocycles. The molecule has 106 valence electrons. The third-order valence-corrected chi connectivity index (χ3v) is 4.99. The zero-order chi connectivity index (χ0) is 14.4. The maximum Gasteiger partial charge on any atom is 0.202 e. The van der Waals surface area contributed by atoms with E-state index in [2.05, 4.69) is 41.4 Å². The summed E-state index contributed by atoms with van der Waals surface area (Å²) < 4.78 is 1.83. The van der Waals surface area contributed by atoms with Crippen LogP contribution in [0.15, 0.2) is 54.9 Å². The molecule has 0 radical (unpaired) electrons. The van der Waals surface area contributed by atoms with Crippen LogP contribution in [0.2, 0.25) is 0 Å². The van der Waals surface area contributed by atoms with Crippen molar-refractivity contribution in [3.63, 3.8) is 0 Å². The first-order valence-electron chi connectivity index (χ1n) is 7.50. The lowest BCUT2D eigenvalue weighted by molar-refractivity contribution is 0.0872. The number of benzene rings is 1. The number of carbonyl (C=O) groups is 1. The molecule has 1 aromatic heterocycles. The number of imidazole rings is 1. The maximum atomic E-state index is 13.0. The van der Waals surface area contributed by atoms with Crippen LogP contribution in [0.25, 0.3) is 0 Å². The first-order chi connectivity index (χ1) is 10.3. The Balaban J connectivity index is 1.75. The van der Waals surface area contributed by atoms with Crippen molar-refractivity contribution in [2.75, 3.05) is 0 Å². The first-order valence-corrected chi connectivity index (χ1v) is 7.50. The van der Waals surface area contributed by atoms with Gasteiger partial charge in [0.25, 0.3) is 0 Å². The largest absolute Gasteiger partial charge is 0.332 e. The Morgan fingerprint density at radius 1 is 1.19 bits per heavy atom. The number of carbonyl (C=O) groups excluding carboxylic acids is 1. The fourth-order valence-electron chi connectivity index (χ4n) is 4.06. The average Bonchev–Trinajstić information content (AvgIpc) is 3.22. The highest BCUT2D eigenvalue weighted by atomic mass is 16.1. The van der Waals surface area contributed by atoms with Crippen LogP contribution in [-0.4, -0.2) is 15.3 Å². The summed E-state index contributed by atoms with van der Waals surface area (Å²) in [5.41, 5.74) is 1.28. The summed E-state index contributed by atoms with van der Waals surface area (Å²) in [5.74, 6) is 1.96. The Bertz CT molecular complexity index is 701. The van der Waals surface area contributed by atoms with Gasteiger partial charge in [0.05, 0.1) is 0 Å². The molecule has 0 amide bonds. The van der Waals surface area contributed by atoms with Gasteiger partial charge in [-0.3, -0.25) is 4.79 Å². The molecule has 2 aromatic rings. The second-order valence-corrected chi connectivity index (χ2v) is 6.14. The lowest BCUT2D eigenvalue weighted by Crippen LogP contribution is -2.28. The molecule has 0 saturated heterocycles. The van der Waals surface area contributed by atoms with Gasteiger partial charge in [-0.05, 0) is 23.8 Å². The van der Waals surface area contributed by atoms with E-state index in [4.69, 9.17) is 0 Å². The van der Waals surface area contributed by atoms with Crippen molar-refractivity contribution < 1.29 is 4.79 Å². The Labute approximate surface area is 124 Å². The number of aryl methyl sites for hydroxylation is 1. The van der Waals surface area contributed by atoms with Crippen LogP contribution in [0.3, 0.4) is 0 Å². The average molecular weight is 278 g/mol. The van der Waals surface area contributed by atoms with Crippen LogP contribution in [0.1, 0.15) is 28.5 Å². The van der Waals surface area contributed by atoms with Gasteiger partial charge in [0.15, 0.2) is 5.82 Å². The molecule has 0 aliphatic heterocycles. The molecule has 1 fully saturated rings. The van der Waals surface area contributed by atoms with Gasteiger partial charge in [0.1, 0.15) is 0 Å². The minimum Gasteiger partial charge on any atom is -0.332 e. The highest BCUT2D eigenvalue weighted by Crippen LogP contribution is 2.53. The molecule has 0 spiro atoms. The summed E-state index contributed by atoms with van der Waals surface area (Å²) in [7, 11) is 1.89. The number of Topliss-reactive ketones (excluding diaryl/α,β-unsaturated/α-hetero) is 1. The summed E-state index contributed by atoms with van der Waals surface area (Å²) in [4.78, 5) is 17.2. The number of hydrogen-bond acceptors (Lipinski definition) is 2. The number of hydrogen-bond donors (Lipinski definition) is 0. The Kier molecular flexibility index (Phi) is 2.81. The van der Waals surface area contributed by atoms with E-state index in [0.717, 1.165) is 6.42 Å². The van der Waals surface area contributed by atoms with Gasteiger partial charge in [-0.25, -0.2) is 4.98 Å². The van der Waals surface area contributed by atoms with Gasteiger partial charge in [-0.15, -0.1) is 0 Å². The second kappa shape index (κ2) is 4.69. The highest BCUT2D eigenvalue weighted by Gasteiger charge is 2.49. The van der Waals surface area contributed by atoms with Gasteiger partial charge < -0.3 is 4.57 Å². The SMILES string of the molecule is Cn1ccnc1C(=O)[C@@H]1C2C=CC(C2)[C@H]1c1ccccc1. The van der Waals surface area contributed by atoms with Crippen molar-refractivity contribution in [3.05, 3.63) is 66.3 Å². The van der Waals surface area contributed by atoms with Gasteiger partial charge in [-0.1, -0.05) is 42.5 Å². The summed E-state index contributed by atoms with van der Waals surface area (Å²) in [6, 6.07) is 10.5. The van der Waals surface area contributed by atoms with Crippen LogP contribution >= 0.6 is 0 Å². The molecule has 2 unspecified atom stereocenters. The molecule has 21 heavy (non-hydrogen) atoms. The second-order valence-electron chi connectivity index (χ2n) is 6.14. The van der Waals surface area contributed by atoms with E-state index in [1.54, 1.807) is 6.20 Å². The lowest BCUT2D eigenvalue weighted by Gasteiger charge is -2.27. The fourth-order valence-corrected chi connectivity index (χ4v) is 4.06. The molecule has 1 saturated carbocycles. The molecule has 0 N–H and O–H groups in total. The zero-order valence-electron chi connectivity index (χ0n) is 12.0. The van der Waals surface area contributed by atoms with E-state index < -0.39 is 0 Å². The van der Waals surface area contributed by atoms with Crippen LogP contribution in [0, 0.1) is 17.8 Å². The predicted octanol–water partition coefficient (Wildman–Crippen LogP) is 3.21. The topological polar surface area (TPSA) is 34.9 Å². The Morgan fingerprint density at radius 2 is 1.95 bits per heavy atom. The van der Waals surface area contributed by atoms with Crippen molar-refractivity contribution in [1.82, 2.24) is 9.55 Å². The van der Waals surface area contributed by atoms with Crippen molar-refractivity contribution in [2.24, 2.45) is 24.8 Å². The normalized spacial score (nSPS) is 30.0. The van der Waals surface area contributed by atoms with E-state index in [9.17, 15) is 4.79 Å². The predicted molar refractivity (Wildman–Crippen MR) is 80.9 cm³/mol. The molecule has 2 aliphatic rings. The van der Waals surface area contributed by atoms with Crippen molar-refractivity contribution >= 4 is 5.78 Å². The van der Waals surface area contributed by atoms with E-state index in [0.29, 0.717) is 23.6 Å². The lowest BCUT2D eigenvalue weighted by atomic mass is 9.76. The summed E-state index contributed by atoms with van der Waals surface area (Å²) in [5, 5.41) is 0. The fraction of sp³-hybridized carbons (Fsp3) is 0.333. The summed E-state index contributed by atoms with van der Waals surface area (Å²) >= 11 is 0. The van der Waals surface area contributed by atoms with Crippen LogP contribution in [-0.2, 0) is 7.05 Å². The molecule has 2 aliphatic carbocycles. The molecule has 3 heteroatoms. The third-order valence-electron chi connectivity index (χ3n) is 4.99. The Morgan fingerprint density at radius 3 is 2.67 bits per heavy atom. The third kappa shape index (κ3) is 1.88. The standard InChI is InChI=1S/C18H18N2O/c1-20-10-9-19-18(20)17(21)16-14-8-7-13(11-14)15(16)12-5-3-2-4-6-12/h2-10,13-16H,11H2,1H3/t13?,14?,15-,16-/m1/s1. The number of aromatic nitrogens is 2. The molecule has 2 bridgehead atoms. The molecule has 1 aromatic carbocycles. The quantitative estimate of drug-likeness (QED) is 0.638. The number of ketones is 1. The molecular weight excluding hydrogens is 260 g/mol. The summed E-state index contributed by atoms with van der Waals surface area (Å²) in [6.45, 7) is 0. The smallest absolute Gasteiger partial charge is 0.202 e. The molecule has 4 atom stereocenters. The summed E-state index contributed by atoms with van der Waals surface area (Å²) in [6.07, 6.45) is 9.17. The van der Waals surface area contributed by atoms with E-state index >= 15 is 0 Å². The minimum atomic E-state index is 0.0310. The molecule has 4 rings (SSSR count). The van der Waals surface area contributed by atoms with Crippen LogP contribution in [0.5, 0.6) is 0 Å². The van der Waals surface area contributed by atoms with E-state index in [1.165, 1.54) is 5.56 Å². The molecule has 3 nitrogen and oxygen atoms in total.